The predicted octanol–water partition coefficient (Wildman–Crippen LogP) is 3.07. The fraction of sp³-hybridized carbons (Fsp3) is 0.391. The highest BCUT2D eigenvalue weighted by atomic mass is 16.5. The second-order valence-electron chi connectivity index (χ2n) is 7.34. The quantitative estimate of drug-likeness (QED) is 0.637. The van der Waals surface area contributed by atoms with E-state index in [1.807, 2.05) is 18.2 Å². The van der Waals surface area contributed by atoms with Gasteiger partial charge in [0.05, 0.1) is 13.2 Å². The molecule has 2 heterocycles. The zero-order valence-electron chi connectivity index (χ0n) is 16.6. The number of carbonyl (C=O) groups is 1. The molecule has 0 saturated carbocycles. The number of oxazole rings is 1. The summed E-state index contributed by atoms with van der Waals surface area (Å²) < 4.78 is 11.2. The van der Waals surface area contributed by atoms with E-state index in [9.17, 15) is 4.79 Å². The van der Waals surface area contributed by atoms with Crippen LogP contribution in [0.25, 0.3) is 11.1 Å². The van der Waals surface area contributed by atoms with Gasteiger partial charge in [-0.15, -0.1) is 0 Å². The first-order valence-corrected chi connectivity index (χ1v) is 10.3. The van der Waals surface area contributed by atoms with Gasteiger partial charge in [0, 0.05) is 38.2 Å². The molecule has 0 bridgehead atoms. The van der Waals surface area contributed by atoms with E-state index in [0.29, 0.717) is 12.1 Å². The van der Waals surface area contributed by atoms with E-state index in [4.69, 9.17) is 9.15 Å². The summed E-state index contributed by atoms with van der Waals surface area (Å²) in [5.74, 6) is 0.648. The normalized spacial score (nSPS) is 14.9. The average molecular weight is 393 g/mol. The third-order valence-corrected chi connectivity index (χ3v) is 5.21. The lowest BCUT2D eigenvalue weighted by Gasteiger charge is -2.26. The van der Waals surface area contributed by atoms with E-state index in [1.54, 1.807) is 6.07 Å². The minimum absolute atomic E-state index is 0.0752. The molecule has 1 aromatic heterocycles. The number of aromatic nitrogens is 1. The maximum absolute atomic E-state index is 12.5. The first-order valence-electron chi connectivity index (χ1n) is 10.3. The Morgan fingerprint density at radius 3 is 2.72 bits per heavy atom. The van der Waals surface area contributed by atoms with Crippen molar-refractivity contribution in [2.24, 2.45) is 0 Å². The fourth-order valence-electron chi connectivity index (χ4n) is 3.57. The molecule has 0 radical (unpaired) electrons. The number of carbonyl (C=O) groups excluding carboxylic acids is 1. The number of aryl methyl sites for hydroxylation is 2. The second kappa shape index (κ2) is 9.67. The van der Waals surface area contributed by atoms with Gasteiger partial charge in [-0.25, -0.2) is 4.98 Å². The van der Waals surface area contributed by atoms with Crippen LogP contribution in [0.5, 0.6) is 0 Å². The minimum atomic E-state index is -0.0752. The molecule has 0 spiro atoms. The van der Waals surface area contributed by atoms with Gasteiger partial charge in [0.1, 0.15) is 5.52 Å². The predicted molar refractivity (Wildman–Crippen MR) is 112 cm³/mol. The Morgan fingerprint density at radius 1 is 1.07 bits per heavy atom. The number of hydrogen-bond donors (Lipinski definition) is 1. The Balaban J connectivity index is 1.29. The molecule has 1 saturated heterocycles. The molecule has 29 heavy (non-hydrogen) atoms. The lowest BCUT2D eigenvalue weighted by molar-refractivity contribution is 0.0383. The highest BCUT2D eigenvalue weighted by Crippen LogP contribution is 2.19. The first kappa shape index (κ1) is 19.6. The summed E-state index contributed by atoms with van der Waals surface area (Å²) in [6, 6.07) is 15.9. The third-order valence-electron chi connectivity index (χ3n) is 5.21. The molecule has 1 aliphatic heterocycles. The Labute approximate surface area is 170 Å². The van der Waals surface area contributed by atoms with Crippen molar-refractivity contribution in [3.63, 3.8) is 0 Å². The van der Waals surface area contributed by atoms with E-state index in [2.05, 4.69) is 39.5 Å². The van der Waals surface area contributed by atoms with Crippen LogP contribution < -0.4 is 5.32 Å². The molecule has 0 aliphatic carbocycles. The molecular formula is C23H27N3O3. The van der Waals surface area contributed by atoms with Gasteiger partial charge >= 0.3 is 0 Å². The molecule has 0 atom stereocenters. The largest absolute Gasteiger partial charge is 0.441 e. The standard InChI is InChI=1S/C23H27N3O3/c27-23(24-11-12-26-13-15-28-16-14-26)19-9-10-21-20(17-19)25-22(29-21)8-4-7-18-5-2-1-3-6-18/h1-3,5-6,9-10,17H,4,7-8,11-16H2,(H,24,27). The highest BCUT2D eigenvalue weighted by Gasteiger charge is 2.13. The second-order valence-corrected chi connectivity index (χ2v) is 7.34. The van der Waals surface area contributed by atoms with Crippen molar-refractivity contribution >= 4 is 17.0 Å². The fourth-order valence-corrected chi connectivity index (χ4v) is 3.57. The summed E-state index contributed by atoms with van der Waals surface area (Å²) in [5, 5.41) is 2.99. The average Bonchev–Trinajstić information content (AvgIpc) is 3.17. The zero-order chi connectivity index (χ0) is 19.9. The van der Waals surface area contributed by atoms with Gasteiger partial charge in [-0.05, 0) is 36.6 Å². The van der Waals surface area contributed by atoms with Crippen molar-refractivity contribution in [2.75, 3.05) is 39.4 Å². The van der Waals surface area contributed by atoms with Crippen LogP contribution in [-0.2, 0) is 17.6 Å². The van der Waals surface area contributed by atoms with Gasteiger partial charge in [-0.3, -0.25) is 9.69 Å². The summed E-state index contributed by atoms with van der Waals surface area (Å²) in [6.45, 7) is 4.85. The maximum Gasteiger partial charge on any atom is 0.251 e. The molecule has 1 N–H and O–H groups in total. The number of benzene rings is 2. The number of fused-ring (bicyclic) bond motifs is 1. The molecule has 0 unspecified atom stereocenters. The topological polar surface area (TPSA) is 67.6 Å². The van der Waals surface area contributed by atoms with Crippen LogP contribution in [0.3, 0.4) is 0 Å². The van der Waals surface area contributed by atoms with Crippen LogP contribution in [0.4, 0.5) is 0 Å². The van der Waals surface area contributed by atoms with E-state index < -0.39 is 0 Å². The van der Waals surface area contributed by atoms with Crippen LogP contribution in [-0.4, -0.2) is 55.2 Å². The number of morpholine rings is 1. The Kier molecular flexibility index (Phi) is 6.54. The number of hydrogen-bond acceptors (Lipinski definition) is 5. The highest BCUT2D eigenvalue weighted by molar-refractivity contribution is 5.97. The van der Waals surface area contributed by atoms with E-state index in [1.165, 1.54) is 5.56 Å². The van der Waals surface area contributed by atoms with Crippen molar-refractivity contribution < 1.29 is 13.9 Å². The van der Waals surface area contributed by atoms with Crippen LogP contribution >= 0.6 is 0 Å². The summed E-state index contributed by atoms with van der Waals surface area (Å²) in [7, 11) is 0. The van der Waals surface area contributed by atoms with Crippen molar-refractivity contribution in [1.82, 2.24) is 15.2 Å². The summed E-state index contributed by atoms with van der Waals surface area (Å²) in [5.41, 5.74) is 3.40. The number of amides is 1. The summed E-state index contributed by atoms with van der Waals surface area (Å²) >= 11 is 0. The molecule has 6 heteroatoms. The van der Waals surface area contributed by atoms with Crippen LogP contribution in [0.2, 0.25) is 0 Å². The van der Waals surface area contributed by atoms with E-state index >= 15 is 0 Å². The van der Waals surface area contributed by atoms with Gasteiger partial charge in [0.2, 0.25) is 0 Å². The molecule has 6 nitrogen and oxygen atoms in total. The molecule has 1 aliphatic rings. The molecule has 152 valence electrons. The smallest absolute Gasteiger partial charge is 0.251 e. The Bertz CT molecular complexity index is 933. The number of ether oxygens (including phenoxy) is 1. The number of nitrogens with zero attached hydrogens (tertiary/aromatic N) is 2. The van der Waals surface area contributed by atoms with Crippen molar-refractivity contribution in [1.29, 1.82) is 0 Å². The molecule has 3 aromatic rings. The Morgan fingerprint density at radius 2 is 1.90 bits per heavy atom. The first-order chi connectivity index (χ1) is 14.3. The summed E-state index contributed by atoms with van der Waals surface area (Å²) in [6.07, 6.45) is 2.76. The zero-order valence-corrected chi connectivity index (χ0v) is 16.6. The van der Waals surface area contributed by atoms with Gasteiger partial charge < -0.3 is 14.5 Å². The molecule has 1 fully saturated rings. The third kappa shape index (κ3) is 5.43. The van der Waals surface area contributed by atoms with Crippen LogP contribution in [0, 0.1) is 0 Å². The van der Waals surface area contributed by atoms with Crippen molar-refractivity contribution in [2.45, 2.75) is 19.3 Å². The lowest BCUT2D eigenvalue weighted by atomic mass is 10.1. The van der Waals surface area contributed by atoms with E-state index in [-0.39, 0.29) is 5.91 Å². The van der Waals surface area contributed by atoms with Gasteiger partial charge in [0.15, 0.2) is 11.5 Å². The van der Waals surface area contributed by atoms with Gasteiger partial charge in [-0.1, -0.05) is 30.3 Å². The van der Waals surface area contributed by atoms with Crippen molar-refractivity contribution in [3.8, 4) is 0 Å². The Hall–Kier alpha value is -2.70. The van der Waals surface area contributed by atoms with E-state index in [0.717, 1.165) is 69.1 Å². The summed E-state index contributed by atoms with van der Waals surface area (Å²) in [4.78, 5) is 19.3. The maximum atomic E-state index is 12.5. The van der Waals surface area contributed by atoms with Gasteiger partial charge in [0.25, 0.3) is 5.91 Å². The molecule has 1 amide bonds. The number of nitrogens with one attached hydrogen (secondary N) is 1. The van der Waals surface area contributed by atoms with Crippen LogP contribution in [0.1, 0.15) is 28.2 Å². The van der Waals surface area contributed by atoms with Gasteiger partial charge in [-0.2, -0.15) is 0 Å². The molecule has 2 aromatic carbocycles. The molecular weight excluding hydrogens is 366 g/mol. The SMILES string of the molecule is O=C(NCCN1CCOCC1)c1ccc2oc(CCCc3ccccc3)nc2c1. The number of rotatable bonds is 8. The monoisotopic (exact) mass is 393 g/mol. The minimum Gasteiger partial charge on any atom is -0.441 e. The lowest BCUT2D eigenvalue weighted by Crippen LogP contribution is -2.41. The van der Waals surface area contributed by atoms with Crippen molar-refractivity contribution in [3.05, 3.63) is 65.5 Å². The van der Waals surface area contributed by atoms with Crippen LogP contribution in [0.15, 0.2) is 52.9 Å². The molecule has 4 rings (SSSR count).